The van der Waals surface area contributed by atoms with Crippen LogP contribution in [0.1, 0.15) is 24.5 Å². The molecule has 1 aliphatic rings. The molecule has 0 aliphatic heterocycles. The fourth-order valence-electron chi connectivity index (χ4n) is 1.38. The van der Waals surface area contributed by atoms with Crippen molar-refractivity contribution in [3.05, 3.63) is 24.0 Å². The lowest BCUT2D eigenvalue weighted by atomic mass is 10.1. The van der Waals surface area contributed by atoms with Gasteiger partial charge in [0.25, 0.3) is 0 Å². The Morgan fingerprint density at radius 2 is 2.36 bits per heavy atom. The van der Waals surface area contributed by atoms with Crippen molar-refractivity contribution in [2.24, 2.45) is 13.0 Å². The topological polar surface area (TPSA) is 25.2 Å². The molecule has 60 valence electrons. The first-order valence-electron chi connectivity index (χ1n) is 4.07. The summed E-state index contributed by atoms with van der Waals surface area (Å²) in [6, 6.07) is 1.99. The van der Waals surface area contributed by atoms with Gasteiger partial charge in [-0.1, -0.05) is 0 Å². The molecule has 0 radical (unpaired) electrons. The van der Waals surface area contributed by atoms with Gasteiger partial charge in [0.2, 0.25) is 0 Å². The van der Waals surface area contributed by atoms with E-state index in [9.17, 15) is 5.11 Å². The first-order valence-corrected chi connectivity index (χ1v) is 4.07. The Morgan fingerprint density at radius 3 is 2.82 bits per heavy atom. The fourth-order valence-corrected chi connectivity index (χ4v) is 1.38. The zero-order valence-corrected chi connectivity index (χ0v) is 6.70. The fraction of sp³-hybridized carbons (Fsp3) is 0.556. The Balaban J connectivity index is 2.14. The Kier molecular flexibility index (Phi) is 1.50. The molecule has 2 rings (SSSR count). The van der Waals surface area contributed by atoms with Crippen molar-refractivity contribution in [2.45, 2.75) is 18.9 Å². The molecule has 1 aromatic heterocycles. The molecular weight excluding hydrogens is 138 g/mol. The molecule has 0 aromatic carbocycles. The molecule has 2 nitrogen and oxygen atoms in total. The van der Waals surface area contributed by atoms with Crippen LogP contribution in [0, 0.1) is 5.92 Å². The lowest BCUT2D eigenvalue weighted by Gasteiger charge is -2.04. The molecule has 0 saturated heterocycles. The quantitative estimate of drug-likeness (QED) is 0.680. The Labute approximate surface area is 66.5 Å². The lowest BCUT2D eigenvalue weighted by molar-refractivity contribution is 0.154. The van der Waals surface area contributed by atoms with E-state index in [1.54, 1.807) is 0 Å². The van der Waals surface area contributed by atoms with Crippen molar-refractivity contribution in [3.8, 4) is 0 Å². The molecule has 1 fully saturated rings. The van der Waals surface area contributed by atoms with E-state index in [1.165, 1.54) is 12.8 Å². The largest absolute Gasteiger partial charge is 0.388 e. The number of aliphatic hydroxyl groups excluding tert-OH is 1. The van der Waals surface area contributed by atoms with E-state index >= 15 is 0 Å². The Morgan fingerprint density at radius 1 is 1.64 bits per heavy atom. The Bertz CT molecular complexity index is 250. The minimum absolute atomic E-state index is 0.212. The van der Waals surface area contributed by atoms with Crippen LogP contribution in [0.5, 0.6) is 0 Å². The number of aliphatic hydroxyl groups is 1. The molecule has 2 heteroatoms. The van der Waals surface area contributed by atoms with E-state index in [2.05, 4.69) is 0 Å². The number of rotatable bonds is 2. The summed E-state index contributed by atoms with van der Waals surface area (Å²) in [5.41, 5.74) is 1.06. The minimum atomic E-state index is -0.212. The predicted molar refractivity (Wildman–Crippen MR) is 43.1 cm³/mol. The maximum absolute atomic E-state index is 9.66. The van der Waals surface area contributed by atoms with Gasteiger partial charge in [-0.05, 0) is 30.4 Å². The summed E-state index contributed by atoms with van der Waals surface area (Å²) in [4.78, 5) is 0. The van der Waals surface area contributed by atoms with Crippen LogP contribution in [0.15, 0.2) is 18.5 Å². The zero-order valence-electron chi connectivity index (χ0n) is 6.70. The average Bonchev–Trinajstić information content (AvgIpc) is 2.74. The summed E-state index contributed by atoms with van der Waals surface area (Å²) in [5, 5.41) is 9.66. The normalized spacial score (nSPS) is 20.2. The summed E-state index contributed by atoms with van der Waals surface area (Å²) in [6.07, 6.45) is 6.13. The van der Waals surface area contributed by atoms with Crippen LogP contribution in [0.2, 0.25) is 0 Å². The standard InChI is InChI=1S/C9H13NO/c1-10-5-4-8(6-10)9(11)7-2-3-7/h4-7,9,11H,2-3H2,1H3. The molecule has 0 amide bonds. The second kappa shape index (κ2) is 2.38. The van der Waals surface area contributed by atoms with E-state index in [1.807, 2.05) is 30.1 Å². The van der Waals surface area contributed by atoms with Gasteiger partial charge in [0.1, 0.15) is 0 Å². The van der Waals surface area contributed by atoms with E-state index in [4.69, 9.17) is 0 Å². The van der Waals surface area contributed by atoms with E-state index in [-0.39, 0.29) is 6.10 Å². The summed E-state index contributed by atoms with van der Waals surface area (Å²) in [7, 11) is 1.98. The first-order chi connectivity index (χ1) is 5.27. The third-order valence-electron chi connectivity index (χ3n) is 2.26. The van der Waals surface area contributed by atoms with Crippen LogP contribution >= 0.6 is 0 Å². The molecule has 1 N–H and O–H groups in total. The third kappa shape index (κ3) is 1.31. The van der Waals surface area contributed by atoms with E-state index in [0.29, 0.717) is 5.92 Å². The molecule has 1 heterocycles. The number of nitrogens with zero attached hydrogens (tertiary/aromatic N) is 1. The maximum atomic E-state index is 9.66. The van der Waals surface area contributed by atoms with Gasteiger partial charge in [-0.15, -0.1) is 0 Å². The van der Waals surface area contributed by atoms with Crippen molar-refractivity contribution < 1.29 is 5.11 Å². The van der Waals surface area contributed by atoms with E-state index < -0.39 is 0 Å². The van der Waals surface area contributed by atoms with Gasteiger partial charge in [-0.2, -0.15) is 0 Å². The minimum Gasteiger partial charge on any atom is -0.388 e. The van der Waals surface area contributed by atoms with Crippen molar-refractivity contribution in [2.75, 3.05) is 0 Å². The summed E-state index contributed by atoms with van der Waals surface area (Å²) < 4.78 is 1.97. The number of aromatic nitrogens is 1. The highest BCUT2D eigenvalue weighted by Gasteiger charge is 2.30. The van der Waals surface area contributed by atoms with Crippen molar-refractivity contribution >= 4 is 0 Å². The van der Waals surface area contributed by atoms with Gasteiger partial charge in [0.15, 0.2) is 0 Å². The molecule has 11 heavy (non-hydrogen) atoms. The molecule has 0 bridgehead atoms. The van der Waals surface area contributed by atoms with Crippen LogP contribution in [0.3, 0.4) is 0 Å². The molecular formula is C9H13NO. The van der Waals surface area contributed by atoms with Crippen molar-refractivity contribution in [3.63, 3.8) is 0 Å². The molecule has 1 saturated carbocycles. The molecule has 1 aromatic rings. The van der Waals surface area contributed by atoms with E-state index in [0.717, 1.165) is 5.56 Å². The first kappa shape index (κ1) is 6.92. The second-order valence-corrected chi connectivity index (χ2v) is 3.39. The molecule has 1 unspecified atom stereocenters. The predicted octanol–water partition coefficient (Wildman–Crippen LogP) is 1.47. The SMILES string of the molecule is Cn1ccc(C(O)C2CC2)c1. The highest BCUT2D eigenvalue weighted by Crippen LogP contribution is 2.40. The van der Waals surface area contributed by atoms with Gasteiger partial charge in [0, 0.05) is 19.4 Å². The van der Waals surface area contributed by atoms with Crippen molar-refractivity contribution in [1.82, 2.24) is 4.57 Å². The van der Waals surface area contributed by atoms with Gasteiger partial charge in [-0.25, -0.2) is 0 Å². The lowest BCUT2D eigenvalue weighted by Crippen LogP contribution is -1.97. The molecule has 1 aliphatic carbocycles. The van der Waals surface area contributed by atoms with Crippen LogP contribution in [0.4, 0.5) is 0 Å². The van der Waals surface area contributed by atoms with Gasteiger partial charge >= 0.3 is 0 Å². The highest BCUT2D eigenvalue weighted by molar-refractivity contribution is 5.15. The van der Waals surface area contributed by atoms with Crippen molar-refractivity contribution in [1.29, 1.82) is 0 Å². The summed E-state index contributed by atoms with van der Waals surface area (Å²) >= 11 is 0. The number of aryl methyl sites for hydroxylation is 1. The number of hydrogen-bond donors (Lipinski definition) is 1. The van der Waals surface area contributed by atoms with Crippen LogP contribution in [-0.2, 0) is 7.05 Å². The summed E-state index contributed by atoms with van der Waals surface area (Å²) in [6.45, 7) is 0. The highest BCUT2D eigenvalue weighted by atomic mass is 16.3. The molecule has 1 atom stereocenters. The average molecular weight is 151 g/mol. The third-order valence-corrected chi connectivity index (χ3v) is 2.26. The maximum Gasteiger partial charge on any atom is 0.0832 e. The van der Waals surface area contributed by atoms with Crippen LogP contribution in [-0.4, -0.2) is 9.67 Å². The van der Waals surface area contributed by atoms with Crippen LogP contribution in [0.25, 0.3) is 0 Å². The monoisotopic (exact) mass is 151 g/mol. The van der Waals surface area contributed by atoms with Gasteiger partial charge in [0.05, 0.1) is 6.10 Å². The second-order valence-electron chi connectivity index (χ2n) is 3.39. The van der Waals surface area contributed by atoms with Crippen LogP contribution < -0.4 is 0 Å². The van der Waals surface area contributed by atoms with Gasteiger partial charge in [-0.3, -0.25) is 0 Å². The summed E-state index contributed by atoms with van der Waals surface area (Å²) in [5.74, 6) is 0.539. The zero-order chi connectivity index (χ0) is 7.84. The number of hydrogen-bond acceptors (Lipinski definition) is 1. The van der Waals surface area contributed by atoms with Gasteiger partial charge < -0.3 is 9.67 Å². The Hall–Kier alpha value is -0.760. The smallest absolute Gasteiger partial charge is 0.0832 e. The molecule has 0 spiro atoms.